The van der Waals surface area contributed by atoms with Gasteiger partial charge in [0.15, 0.2) is 0 Å². The highest BCUT2D eigenvalue weighted by molar-refractivity contribution is 6.00. The summed E-state index contributed by atoms with van der Waals surface area (Å²) in [4.78, 5) is 28.8. The zero-order chi connectivity index (χ0) is 17.0. The second kappa shape index (κ2) is 7.62. The Morgan fingerprint density at radius 2 is 1.83 bits per heavy atom. The predicted molar refractivity (Wildman–Crippen MR) is 93.5 cm³/mol. The van der Waals surface area contributed by atoms with E-state index in [4.69, 9.17) is 0 Å². The fourth-order valence-electron chi connectivity index (χ4n) is 3.15. The maximum Gasteiger partial charge on any atom is 0.228 e. The first-order valence-corrected chi connectivity index (χ1v) is 8.64. The van der Waals surface area contributed by atoms with Crippen molar-refractivity contribution in [1.82, 2.24) is 4.90 Å². The molecule has 4 heteroatoms. The molecule has 1 aromatic carbocycles. The van der Waals surface area contributed by atoms with Crippen LogP contribution in [0, 0.1) is 19.8 Å². The molecule has 1 aliphatic heterocycles. The highest BCUT2D eigenvalue weighted by Crippen LogP contribution is 2.28. The second-order valence-electron chi connectivity index (χ2n) is 6.50. The first kappa shape index (κ1) is 17.5. The number of aryl methyl sites for hydroxylation is 2. The summed E-state index contributed by atoms with van der Waals surface area (Å²) in [6.45, 7) is 10.3. The Labute approximate surface area is 139 Å². The Kier molecular flexibility index (Phi) is 5.80. The van der Waals surface area contributed by atoms with Gasteiger partial charge in [0, 0.05) is 31.7 Å². The molecule has 126 valence electrons. The fraction of sp³-hybridized carbons (Fsp3) is 0.579. The predicted octanol–water partition coefficient (Wildman–Crippen LogP) is 3.30. The molecule has 1 unspecified atom stereocenters. The number of anilines is 1. The third kappa shape index (κ3) is 3.92. The highest BCUT2D eigenvalue weighted by Gasteiger charge is 2.36. The molecule has 0 spiro atoms. The molecule has 2 amide bonds. The summed E-state index contributed by atoms with van der Waals surface area (Å²) < 4.78 is 0. The number of nitrogens with zero attached hydrogens (tertiary/aromatic N) is 2. The highest BCUT2D eigenvalue weighted by atomic mass is 16.2. The number of hydrogen-bond acceptors (Lipinski definition) is 2. The summed E-state index contributed by atoms with van der Waals surface area (Å²) in [7, 11) is 0. The van der Waals surface area contributed by atoms with Crippen molar-refractivity contribution in [2.24, 2.45) is 5.92 Å². The Hall–Kier alpha value is -1.84. The minimum absolute atomic E-state index is 0.0551. The topological polar surface area (TPSA) is 40.6 Å². The van der Waals surface area contributed by atoms with Gasteiger partial charge in [-0.15, -0.1) is 0 Å². The van der Waals surface area contributed by atoms with Crippen LogP contribution in [-0.4, -0.2) is 36.3 Å². The van der Waals surface area contributed by atoms with Crippen LogP contribution < -0.4 is 4.90 Å². The van der Waals surface area contributed by atoms with E-state index in [1.54, 1.807) is 4.90 Å². The van der Waals surface area contributed by atoms with E-state index in [0.717, 1.165) is 31.6 Å². The van der Waals surface area contributed by atoms with Crippen LogP contribution in [0.15, 0.2) is 18.2 Å². The van der Waals surface area contributed by atoms with E-state index >= 15 is 0 Å². The van der Waals surface area contributed by atoms with Crippen molar-refractivity contribution < 1.29 is 9.59 Å². The van der Waals surface area contributed by atoms with E-state index in [-0.39, 0.29) is 17.7 Å². The third-order valence-electron chi connectivity index (χ3n) is 4.58. The van der Waals surface area contributed by atoms with Crippen LogP contribution >= 0.6 is 0 Å². The molecule has 4 nitrogen and oxygen atoms in total. The molecule has 1 atom stereocenters. The van der Waals surface area contributed by atoms with Gasteiger partial charge in [-0.25, -0.2) is 0 Å². The van der Waals surface area contributed by atoms with Gasteiger partial charge in [0.25, 0.3) is 0 Å². The maximum atomic E-state index is 12.7. The maximum absolute atomic E-state index is 12.7. The van der Waals surface area contributed by atoms with E-state index in [9.17, 15) is 9.59 Å². The fourth-order valence-corrected chi connectivity index (χ4v) is 3.15. The molecule has 1 aromatic rings. The van der Waals surface area contributed by atoms with Crippen LogP contribution in [0.4, 0.5) is 5.69 Å². The van der Waals surface area contributed by atoms with Gasteiger partial charge in [-0.1, -0.05) is 19.9 Å². The van der Waals surface area contributed by atoms with Crippen molar-refractivity contribution in [2.75, 3.05) is 24.5 Å². The molecule has 0 radical (unpaired) electrons. The number of carbonyl (C=O) groups is 2. The van der Waals surface area contributed by atoms with E-state index in [0.29, 0.717) is 13.0 Å². The summed E-state index contributed by atoms with van der Waals surface area (Å²) in [6, 6.07) is 6.05. The number of benzene rings is 1. The average Bonchev–Trinajstić information content (AvgIpc) is 2.91. The first-order valence-electron chi connectivity index (χ1n) is 8.64. The average molecular weight is 316 g/mol. The van der Waals surface area contributed by atoms with Crippen molar-refractivity contribution in [3.05, 3.63) is 29.3 Å². The molecule has 1 heterocycles. The van der Waals surface area contributed by atoms with Crippen molar-refractivity contribution in [3.63, 3.8) is 0 Å². The third-order valence-corrected chi connectivity index (χ3v) is 4.58. The molecule has 1 fully saturated rings. The first-order chi connectivity index (χ1) is 11.0. The molecule has 23 heavy (non-hydrogen) atoms. The zero-order valence-corrected chi connectivity index (χ0v) is 14.8. The Morgan fingerprint density at radius 1 is 1.17 bits per heavy atom. The van der Waals surface area contributed by atoms with Gasteiger partial charge in [0.1, 0.15) is 0 Å². The van der Waals surface area contributed by atoms with E-state index in [2.05, 4.69) is 20.8 Å². The molecule has 0 saturated carbocycles. The van der Waals surface area contributed by atoms with Gasteiger partial charge < -0.3 is 9.80 Å². The van der Waals surface area contributed by atoms with Gasteiger partial charge in [0.2, 0.25) is 11.8 Å². The van der Waals surface area contributed by atoms with E-state index in [1.165, 1.54) is 11.1 Å². The van der Waals surface area contributed by atoms with Gasteiger partial charge in [-0.05, 0) is 49.9 Å². The van der Waals surface area contributed by atoms with Crippen molar-refractivity contribution in [3.8, 4) is 0 Å². The molecule has 0 bridgehead atoms. The van der Waals surface area contributed by atoms with Crippen LogP contribution in [0.1, 0.15) is 44.2 Å². The number of hydrogen-bond donors (Lipinski definition) is 0. The van der Waals surface area contributed by atoms with Crippen LogP contribution in [0.5, 0.6) is 0 Å². The van der Waals surface area contributed by atoms with Gasteiger partial charge in [-0.3, -0.25) is 9.59 Å². The Morgan fingerprint density at radius 3 is 2.39 bits per heavy atom. The zero-order valence-electron chi connectivity index (χ0n) is 14.8. The molecule has 1 saturated heterocycles. The summed E-state index contributed by atoms with van der Waals surface area (Å²) in [5.41, 5.74) is 3.29. The standard InChI is InChI=1S/C19H28N2O2/c1-5-9-20(10-6-2)19(23)16-12-18(22)21(13-16)17-8-7-14(3)15(4)11-17/h7-8,11,16H,5-6,9-10,12-13H2,1-4H3. The van der Waals surface area contributed by atoms with Crippen molar-refractivity contribution in [1.29, 1.82) is 0 Å². The minimum atomic E-state index is -0.206. The van der Waals surface area contributed by atoms with Crippen LogP contribution in [0.3, 0.4) is 0 Å². The summed E-state index contributed by atoms with van der Waals surface area (Å²) in [5.74, 6) is -0.0184. The normalized spacial score (nSPS) is 17.7. The smallest absolute Gasteiger partial charge is 0.228 e. The van der Waals surface area contributed by atoms with Crippen LogP contribution in [0.2, 0.25) is 0 Å². The van der Waals surface area contributed by atoms with Crippen LogP contribution in [-0.2, 0) is 9.59 Å². The molecule has 1 aliphatic rings. The van der Waals surface area contributed by atoms with E-state index < -0.39 is 0 Å². The quantitative estimate of drug-likeness (QED) is 0.808. The molecule has 0 aliphatic carbocycles. The number of carbonyl (C=O) groups excluding carboxylic acids is 2. The van der Waals surface area contributed by atoms with Crippen molar-refractivity contribution in [2.45, 2.75) is 47.0 Å². The van der Waals surface area contributed by atoms with Crippen LogP contribution in [0.25, 0.3) is 0 Å². The molecular weight excluding hydrogens is 288 g/mol. The SMILES string of the molecule is CCCN(CCC)C(=O)C1CC(=O)N(c2ccc(C)c(C)c2)C1. The van der Waals surface area contributed by atoms with Gasteiger partial charge in [0.05, 0.1) is 5.92 Å². The molecule has 0 N–H and O–H groups in total. The molecular formula is C19H28N2O2. The lowest BCUT2D eigenvalue weighted by Crippen LogP contribution is -2.38. The number of amides is 2. The lowest BCUT2D eigenvalue weighted by Gasteiger charge is -2.25. The summed E-state index contributed by atoms with van der Waals surface area (Å²) in [5, 5.41) is 0. The molecule has 0 aromatic heterocycles. The lowest BCUT2D eigenvalue weighted by atomic mass is 10.1. The van der Waals surface area contributed by atoms with Gasteiger partial charge >= 0.3 is 0 Å². The largest absolute Gasteiger partial charge is 0.342 e. The van der Waals surface area contributed by atoms with Crippen molar-refractivity contribution >= 4 is 17.5 Å². The lowest BCUT2D eigenvalue weighted by molar-refractivity contribution is -0.135. The summed E-state index contributed by atoms with van der Waals surface area (Å²) >= 11 is 0. The van der Waals surface area contributed by atoms with Gasteiger partial charge in [-0.2, -0.15) is 0 Å². The molecule has 2 rings (SSSR count). The monoisotopic (exact) mass is 316 g/mol. The Bertz CT molecular complexity index is 577. The Balaban J connectivity index is 2.12. The minimum Gasteiger partial charge on any atom is -0.342 e. The van der Waals surface area contributed by atoms with E-state index in [1.807, 2.05) is 30.0 Å². The second-order valence-corrected chi connectivity index (χ2v) is 6.50. The number of rotatable bonds is 6. The summed E-state index contributed by atoms with van der Waals surface area (Å²) in [6.07, 6.45) is 2.23.